The van der Waals surface area contributed by atoms with Crippen LogP contribution in [0.4, 0.5) is 4.39 Å². The van der Waals surface area contributed by atoms with E-state index in [0.717, 1.165) is 25.6 Å². The van der Waals surface area contributed by atoms with Gasteiger partial charge in [0.05, 0.1) is 0 Å². The largest absolute Gasteiger partial charge is 0.507 e. The molecule has 1 aromatic rings. The fourth-order valence-corrected chi connectivity index (χ4v) is 2.86. The summed E-state index contributed by atoms with van der Waals surface area (Å²) in [7, 11) is 0. The summed E-state index contributed by atoms with van der Waals surface area (Å²) in [6.45, 7) is 2.64. The van der Waals surface area contributed by atoms with E-state index in [0.29, 0.717) is 12.5 Å². The average Bonchev–Trinajstić information content (AvgIpc) is 3.16. The minimum atomic E-state index is -0.687. The highest BCUT2D eigenvalue weighted by atomic mass is 19.1. The van der Waals surface area contributed by atoms with Gasteiger partial charge in [-0.05, 0) is 43.9 Å². The van der Waals surface area contributed by atoms with Gasteiger partial charge in [0.2, 0.25) is 0 Å². The third-order valence-electron chi connectivity index (χ3n) is 4.15. The van der Waals surface area contributed by atoms with Crippen molar-refractivity contribution >= 4 is 5.91 Å². The Labute approximate surface area is 117 Å². The molecule has 1 saturated heterocycles. The number of amides is 1. The van der Waals surface area contributed by atoms with Crippen LogP contribution in [0.25, 0.3) is 0 Å². The average molecular weight is 278 g/mol. The molecule has 0 radical (unpaired) electrons. The Bertz CT molecular complexity index is 496. The fraction of sp³-hybridized carbons (Fsp3) is 0.533. The second-order valence-corrected chi connectivity index (χ2v) is 5.72. The number of rotatable bonds is 4. The van der Waals surface area contributed by atoms with Gasteiger partial charge in [-0.3, -0.25) is 4.79 Å². The van der Waals surface area contributed by atoms with E-state index in [1.807, 2.05) is 0 Å². The van der Waals surface area contributed by atoms with Crippen LogP contribution in [0.1, 0.15) is 29.6 Å². The van der Waals surface area contributed by atoms with E-state index in [4.69, 9.17) is 0 Å². The van der Waals surface area contributed by atoms with Gasteiger partial charge in [-0.25, -0.2) is 4.39 Å². The van der Waals surface area contributed by atoms with Crippen LogP contribution < -0.4 is 5.32 Å². The zero-order valence-corrected chi connectivity index (χ0v) is 11.3. The highest BCUT2D eigenvalue weighted by Gasteiger charge is 2.34. The summed E-state index contributed by atoms with van der Waals surface area (Å²) < 4.78 is 13.5. The van der Waals surface area contributed by atoms with Crippen LogP contribution in [0.2, 0.25) is 0 Å². The molecule has 4 nitrogen and oxygen atoms in total. The topological polar surface area (TPSA) is 52.6 Å². The predicted molar refractivity (Wildman–Crippen MR) is 73.1 cm³/mol. The number of halogens is 1. The van der Waals surface area contributed by atoms with Crippen LogP contribution in [0, 0.1) is 11.7 Å². The molecule has 2 fully saturated rings. The Kier molecular flexibility index (Phi) is 3.61. The summed E-state index contributed by atoms with van der Waals surface area (Å²) in [5, 5.41) is 12.3. The number of hydrogen-bond acceptors (Lipinski definition) is 3. The third kappa shape index (κ3) is 2.77. The number of phenols is 1. The van der Waals surface area contributed by atoms with Crippen LogP contribution >= 0.6 is 0 Å². The lowest BCUT2D eigenvalue weighted by Gasteiger charge is -2.15. The number of carbonyl (C=O) groups excluding carboxylic acids is 1. The van der Waals surface area contributed by atoms with Crippen molar-refractivity contribution in [1.29, 1.82) is 0 Å². The summed E-state index contributed by atoms with van der Waals surface area (Å²) in [6, 6.07) is 4.64. The second kappa shape index (κ2) is 5.40. The first-order valence-corrected chi connectivity index (χ1v) is 7.15. The number of nitrogens with zero attached hydrogens (tertiary/aromatic N) is 1. The molecule has 1 atom stereocenters. The molecule has 0 unspecified atom stereocenters. The van der Waals surface area contributed by atoms with Crippen LogP contribution in [0.15, 0.2) is 18.2 Å². The highest BCUT2D eigenvalue weighted by molar-refractivity contribution is 5.97. The van der Waals surface area contributed by atoms with Gasteiger partial charge >= 0.3 is 0 Å². The van der Waals surface area contributed by atoms with E-state index in [1.165, 1.54) is 31.0 Å². The van der Waals surface area contributed by atoms with Crippen LogP contribution in [0.3, 0.4) is 0 Å². The van der Waals surface area contributed by atoms with Gasteiger partial charge in [-0.2, -0.15) is 0 Å². The molecule has 5 heteroatoms. The third-order valence-corrected chi connectivity index (χ3v) is 4.15. The smallest absolute Gasteiger partial charge is 0.258 e. The van der Waals surface area contributed by atoms with Gasteiger partial charge in [0.1, 0.15) is 17.1 Å². The lowest BCUT2D eigenvalue weighted by atomic mass is 10.1. The molecule has 1 aliphatic carbocycles. The highest BCUT2D eigenvalue weighted by Crippen LogP contribution is 2.31. The molecule has 0 spiro atoms. The van der Waals surface area contributed by atoms with Crippen molar-refractivity contribution in [2.45, 2.75) is 25.3 Å². The zero-order valence-electron chi connectivity index (χ0n) is 11.3. The predicted octanol–water partition coefficient (Wildman–Crippen LogP) is 1.75. The van der Waals surface area contributed by atoms with Crippen molar-refractivity contribution in [3.05, 3.63) is 29.6 Å². The van der Waals surface area contributed by atoms with Gasteiger partial charge in [0, 0.05) is 19.1 Å². The first-order valence-electron chi connectivity index (χ1n) is 7.15. The fourth-order valence-electron chi connectivity index (χ4n) is 2.86. The van der Waals surface area contributed by atoms with Gasteiger partial charge in [-0.15, -0.1) is 0 Å². The molecule has 1 saturated carbocycles. The summed E-state index contributed by atoms with van der Waals surface area (Å²) in [5.74, 6) is -1.11. The van der Waals surface area contributed by atoms with Crippen LogP contribution in [0.5, 0.6) is 5.75 Å². The summed E-state index contributed by atoms with van der Waals surface area (Å²) >= 11 is 0. The van der Waals surface area contributed by atoms with E-state index in [2.05, 4.69) is 10.2 Å². The number of phenolic OH excluding ortho intramolecular Hbond substituents is 1. The van der Waals surface area contributed by atoms with Crippen molar-refractivity contribution in [3.8, 4) is 5.75 Å². The maximum atomic E-state index is 13.5. The summed E-state index contributed by atoms with van der Waals surface area (Å²) in [6.07, 6.45) is 3.66. The van der Waals surface area contributed by atoms with Crippen molar-refractivity contribution in [3.63, 3.8) is 0 Å². The van der Waals surface area contributed by atoms with Crippen LogP contribution in [-0.2, 0) is 0 Å². The number of nitrogens with one attached hydrogen (secondary N) is 1. The maximum absolute atomic E-state index is 13.5. The molecule has 2 aliphatic rings. The zero-order chi connectivity index (χ0) is 14.1. The number of hydrogen-bond donors (Lipinski definition) is 2. The Morgan fingerprint density at radius 3 is 2.90 bits per heavy atom. The molecule has 20 heavy (non-hydrogen) atoms. The Balaban J connectivity index is 1.54. The second-order valence-electron chi connectivity index (χ2n) is 5.72. The molecule has 2 N–H and O–H groups in total. The van der Waals surface area contributed by atoms with Crippen LogP contribution in [-0.4, -0.2) is 41.6 Å². The number of aromatic hydroxyl groups is 1. The van der Waals surface area contributed by atoms with Crippen molar-refractivity contribution in [2.75, 3.05) is 19.6 Å². The quantitative estimate of drug-likeness (QED) is 0.882. The molecule has 0 bridgehead atoms. The van der Waals surface area contributed by atoms with Gasteiger partial charge < -0.3 is 15.3 Å². The van der Waals surface area contributed by atoms with Crippen molar-refractivity contribution < 1.29 is 14.3 Å². The number of carbonyl (C=O) groups is 1. The van der Waals surface area contributed by atoms with Gasteiger partial charge in [-0.1, -0.05) is 6.07 Å². The van der Waals surface area contributed by atoms with Crippen molar-refractivity contribution in [1.82, 2.24) is 10.2 Å². The molecule has 0 aromatic heterocycles. The number of likely N-dealkylation sites (tertiary alicyclic amines) is 1. The Morgan fingerprint density at radius 2 is 2.20 bits per heavy atom. The minimum absolute atomic E-state index is 0.260. The van der Waals surface area contributed by atoms with Gasteiger partial charge in [0.15, 0.2) is 0 Å². The number of benzene rings is 1. The van der Waals surface area contributed by atoms with E-state index in [9.17, 15) is 14.3 Å². The lowest BCUT2D eigenvalue weighted by Crippen LogP contribution is -2.32. The molecule has 1 heterocycles. The first kappa shape index (κ1) is 13.4. The van der Waals surface area contributed by atoms with E-state index >= 15 is 0 Å². The molecule has 1 aromatic carbocycles. The maximum Gasteiger partial charge on any atom is 0.258 e. The molecule has 1 aliphatic heterocycles. The lowest BCUT2D eigenvalue weighted by molar-refractivity contribution is 0.0940. The molecule has 1 amide bonds. The molecule has 108 valence electrons. The molecular formula is C15H19FN2O2. The standard InChI is InChI=1S/C15H19FN2O2/c16-12-2-1-3-13(19)14(12)15(20)17-8-10-6-7-18(9-10)11-4-5-11/h1-3,10-11,19H,4-9H2,(H,17,20)/t10-/m1/s1. The Hall–Kier alpha value is -1.62. The monoisotopic (exact) mass is 278 g/mol. The van der Waals surface area contributed by atoms with E-state index in [-0.39, 0.29) is 11.3 Å². The SMILES string of the molecule is O=C(NC[C@H]1CCN(C2CC2)C1)c1c(O)cccc1F. The normalized spacial score (nSPS) is 22.9. The van der Waals surface area contributed by atoms with E-state index in [1.54, 1.807) is 0 Å². The minimum Gasteiger partial charge on any atom is -0.507 e. The van der Waals surface area contributed by atoms with Crippen molar-refractivity contribution in [2.24, 2.45) is 5.92 Å². The van der Waals surface area contributed by atoms with E-state index < -0.39 is 11.7 Å². The Morgan fingerprint density at radius 1 is 1.40 bits per heavy atom. The van der Waals surface area contributed by atoms with Gasteiger partial charge in [0.25, 0.3) is 5.91 Å². The summed E-state index contributed by atoms with van der Waals surface area (Å²) in [5.41, 5.74) is -0.260. The first-order chi connectivity index (χ1) is 9.65. The molecular weight excluding hydrogens is 259 g/mol. The summed E-state index contributed by atoms with van der Waals surface area (Å²) in [4.78, 5) is 14.4. The molecule has 3 rings (SSSR count).